The Labute approximate surface area is 187 Å². The summed E-state index contributed by atoms with van der Waals surface area (Å²) in [6.07, 6.45) is 2.56. The topological polar surface area (TPSA) is 97.7 Å². The van der Waals surface area contributed by atoms with E-state index < -0.39 is 4.92 Å². The highest BCUT2D eigenvalue weighted by Crippen LogP contribution is 2.33. The molecule has 2 heterocycles. The molecule has 1 N–H and O–H groups in total. The number of carbonyl (C=O) groups is 1. The fourth-order valence-corrected chi connectivity index (χ4v) is 3.93. The maximum Gasteiger partial charge on any atom is 0.288 e. The number of aliphatic imine (C=N–C) groups is 1. The summed E-state index contributed by atoms with van der Waals surface area (Å²) < 4.78 is 5.76. The number of thioether (sulfide) groups is 1. The lowest BCUT2D eigenvalue weighted by Gasteiger charge is -1.99. The third-order valence-corrected chi connectivity index (χ3v) is 5.78. The number of carbonyl (C=O) groups excluding carboxylic acids is 1. The average Bonchev–Trinajstić information content (AvgIpc) is 3.35. The number of nitro groups is 1. The fourth-order valence-electron chi connectivity index (χ4n) is 2.92. The van der Waals surface area contributed by atoms with Gasteiger partial charge >= 0.3 is 0 Å². The summed E-state index contributed by atoms with van der Waals surface area (Å²) in [5.74, 6) is 0.604. The van der Waals surface area contributed by atoms with E-state index in [-0.39, 0.29) is 16.6 Å². The summed E-state index contributed by atoms with van der Waals surface area (Å²) in [5, 5.41) is 14.4. The second-order valence-electron chi connectivity index (χ2n) is 6.63. The van der Waals surface area contributed by atoms with Gasteiger partial charge in [-0.15, -0.1) is 0 Å². The molecule has 0 saturated carbocycles. The van der Waals surface area contributed by atoms with Crippen LogP contribution in [0.1, 0.15) is 18.2 Å². The van der Waals surface area contributed by atoms with Crippen molar-refractivity contribution in [3.05, 3.63) is 86.0 Å². The highest BCUT2D eigenvalue weighted by Gasteiger charge is 2.24. The maximum absolute atomic E-state index is 12.3. The van der Waals surface area contributed by atoms with Gasteiger partial charge in [-0.2, -0.15) is 0 Å². The smallest absolute Gasteiger partial charge is 0.288 e. The first-order chi connectivity index (χ1) is 14.9. The summed E-state index contributed by atoms with van der Waals surface area (Å²) >= 11 is 7.08. The van der Waals surface area contributed by atoms with E-state index in [9.17, 15) is 14.9 Å². The number of nitrogens with one attached hydrogen (secondary N) is 1. The third kappa shape index (κ3) is 4.70. The van der Waals surface area contributed by atoms with Gasteiger partial charge in [0, 0.05) is 17.7 Å². The first-order valence-electron chi connectivity index (χ1n) is 9.35. The summed E-state index contributed by atoms with van der Waals surface area (Å²) in [6, 6.07) is 15.6. The zero-order chi connectivity index (χ0) is 22.0. The minimum Gasteiger partial charge on any atom is -0.457 e. The van der Waals surface area contributed by atoms with E-state index in [0.29, 0.717) is 27.2 Å². The minimum absolute atomic E-state index is 0.0535. The molecule has 1 aliphatic heterocycles. The number of nitro benzene ring substituents is 1. The number of amides is 1. The van der Waals surface area contributed by atoms with Crippen molar-refractivity contribution in [1.82, 2.24) is 5.32 Å². The Hall–Kier alpha value is -3.36. The molecule has 1 fully saturated rings. The second-order valence-corrected chi connectivity index (χ2v) is 8.06. The van der Waals surface area contributed by atoms with E-state index in [0.717, 1.165) is 12.1 Å². The van der Waals surface area contributed by atoms with Gasteiger partial charge in [-0.1, -0.05) is 30.7 Å². The lowest BCUT2D eigenvalue weighted by atomic mass is 10.1. The van der Waals surface area contributed by atoms with Gasteiger partial charge in [0.05, 0.1) is 15.5 Å². The van der Waals surface area contributed by atoms with E-state index in [1.165, 1.54) is 29.5 Å². The van der Waals surface area contributed by atoms with Gasteiger partial charge in [-0.25, -0.2) is 4.99 Å². The molecule has 0 atom stereocenters. The van der Waals surface area contributed by atoms with Crippen LogP contribution in [0.3, 0.4) is 0 Å². The van der Waals surface area contributed by atoms with Crippen LogP contribution in [0.25, 0.3) is 17.4 Å². The largest absolute Gasteiger partial charge is 0.457 e. The van der Waals surface area contributed by atoms with Crippen LogP contribution in [0.2, 0.25) is 5.02 Å². The molecule has 0 unspecified atom stereocenters. The lowest BCUT2D eigenvalue weighted by molar-refractivity contribution is -0.384. The van der Waals surface area contributed by atoms with Crippen LogP contribution in [-0.4, -0.2) is 16.0 Å². The van der Waals surface area contributed by atoms with Crippen LogP contribution in [0.4, 0.5) is 11.4 Å². The van der Waals surface area contributed by atoms with Crippen LogP contribution in [0, 0.1) is 10.1 Å². The molecule has 2 aromatic carbocycles. The van der Waals surface area contributed by atoms with Gasteiger partial charge in [-0.05, 0) is 60.1 Å². The van der Waals surface area contributed by atoms with E-state index >= 15 is 0 Å². The summed E-state index contributed by atoms with van der Waals surface area (Å²) in [5.41, 5.74) is 2.29. The normalized spacial score (nSPS) is 16.1. The average molecular weight is 454 g/mol. The number of rotatable bonds is 5. The van der Waals surface area contributed by atoms with Crippen molar-refractivity contribution in [2.45, 2.75) is 13.3 Å². The van der Waals surface area contributed by atoms with Crippen LogP contribution >= 0.6 is 23.4 Å². The molecule has 1 amide bonds. The van der Waals surface area contributed by atoms with Gasteiger partial charge in [0.2, 0.25) is 0 Å². The van der Waals surface area contributed by atoms with Crippen molar-refractivity contribution in [1.29, 1.82) is 0 Å². The van der Waals surface area contributed by atoms with Gasteiger partial charge in [-0.3, -0.25) is 14.9 Å². The van der Waals surface area contributed by atoms with E-state index in [4.69, 9.17) is 16.0 Å². The molecule has 1 aliphatic rings. The highest BCUT2D eigenvalue weighted by atomic mass is 35.5. The van der Waals surface area contributed by atoms with Gasteiger partial charge in [0.25, 0.3) is 11.6 Å². The van der Waals surface area contributed by atoms with Gasteiger partial charge < -0.3 is 9.73 Å². The van der Waals surface area contributed by atoms with Crippen molar-refractivity contribution < 1.29 is 14.1 Å². The number of halogens is 1. The molecule has 9 heteroatoms. The van der Waals surface area contributed by atoms with Crippen molar-refractivity contribution >= 4 is 51.9 Å². The second kappa shape index (κ2) is 8.79. The molecular formula is C22H16ClN3O4S. The quantitative estimate of drug-likeness (QED) is 0.292. The first-order valence-corrected chi connectivity index (χ1v) is 10.5. The molecule has 0 spiro atoms. The monoisotopic (exact) mass is 453 g/mol. The molecule has 4 rings (SSSR count). The fraction of sp³-hybridized carbons (Fsp3) is 0.0909. The van der Waals surface area contributed by atoms with E-state index in [1.807, 2.05) is 24.3 Å². The molecule has 3 aromatic rings. The number of hydrogen-bond acceptors (Lipinski definition) is 6. The van der Waals surface area contributed by atoms with Crippen LogP contribution < -0.4 is 5.32 Å². The van der Waals surface area contributed by atoms with Crippen molar-refractivity contribution in [2.24, 2.45) is 4.99 Å². The molecule has 1 saturated heterocycles. The summed E-state index contributed by atoms with van der Waals surface area (Å²) in [7, 11) is 0. The standard InChI is InChI=1S/C22H16ClN3O4S/c1-2-13-3-6-15(7-4-13)24-22-25-21(27)20(31-22)12-16-8-10-19(30-16)14-5-9-17(23)18(11-14)26(28)29/h3-12H,2H2,1H3,(H,24,25,27)/b20-12+. The minimum atomic E-state index is -0.548. The number of benzene rings is 2. The lowest BCUT2D eigenvalue weighted by Crippen LogP contribution is -2.19. The first kappa shape index (κ1) is 20.9. The molecule has 7 nitrogen and oxygen atoms in total. The highest BCUT2D eigenvalue weighted by molar-refractivity contribution is 8.18. The number of amidine groups is 1. The van der Waals surface area contributed by atoms with Crippen LogP contribution in [0.5, 0.6) is 0 Å². The van der Waals surface area contributed by atoms with E-state index in [2.05, 4.69) is 17.2 Å². The molecule has 0 bridgehead atoms. The van der Waals surface area contributed by atoms with Crippen LogP contribution in [0.15, 0.2) is 68.9 Å². The Morgan fingerprint density at radius 3 is 2.68 bits per heavy atom. The zero-order valence-corrected chi connectivity index (χ0v) is 17.9. The Morgan fingerprint density at radius 2 is 1.97 bits per heavy atom. The molecule has 31 heavy (non-hydrogen) atoms. The van der Waals surface area contributed by atoms with Crippen molar-refractivity contribution in [3.8, 4) is 11.3 Å². The molecule has 1 aromatic heterocycles. The number of furan rings is 1. The van der Waals surface area contributed by atoms with Gasteiger partial charge in [0.15, 0.2) is 5.17 Å². The molecule has 0 radical (unpaired) electrons. The molecule has 156 valence electrons. The Kier molecular flexibility index (Phi) is 5.92. The maximum atomic E-state index is 12.3. The molecular weight excluding hydrogens is 438 g/mol. The van der Waals surface area contributed by atoms with Gasteiger partial charge in [0.1, 0.15) is 16.5 Å². The third-order valence-electron chi connectivity index (χ3n) is 4.55. The number of aryl methyl sites for hydroxylation is 1. The zero-order valence-electron chi connectivity index (χ0n) is 16.3. The van der Waals surface area contributed by atoms with E-state index in [1.54, 1.807) is 24.3 Å². The Morgan fingerprint density at radius 1 is 1.19 bits per heavy atom. The van der Waals surface area contributed by atoms with Crippen molar-refractivity contribution in [3.63, 3.8) is 0 Å². The predicted molar refractivity (Wildman–Crippen MR) is 122 cm³/mol. The Bertz CT molecular complexity index is 1230. The molecule has 0 aliphatic carbocycles. The Balaban J connectivity index is 1.54. The summed E-state index contributed by atoms with van der Waals surface area (Å²) in [4.78, 5) is 27.7. The van der Waals surface area contributed by atoms with Crippen molar-refractivity contribution in [2.75, 3.05) is 0 Å². The SMILES string of the molecule is CCc1ccc(N=C2NC(=O)/C(=C\c3ccc(-c4ccc(Cl)c([N+](=O)[O-])c4)o3)S2)cc1. The summed E-state index contributed by atoms with van der Waals surface area (Å²) in [6.45, 7) is 2.08. The number of nitrogens with zero attached hydrogens (tertiary/aromatic N) is 2. The number of hydrogen-bond donors (Lipinski definition) is 1. The van der Waals surface area contributed by atoms with Crippen LogP contribution in [-0.2, 0) is 11.2 Å². The predicted octanol–water partition coefficient (Wildman–Crippen LogP) is 5.96.